The van der Waals surface area contributed by atoms with E-state index in [1.54, 1.807) is 7.05 Å². The minimum Gasteiger partial charge on any atom is -0.291 e. The molecule has 18 heavy (non-hydrogen) atoms. The number of rotatable bonds is 8. The van der Waals surface area contributed by atoms with Crippen molar-refractivity contribution >= 4 is 36.6 Å². The standard InChI is InChI=1S/C11H16Cl2NO3P/c1-14(11-5-3-2-4-6-11)18(15,16-9-7-12)17-10-8-13/h2-6H,7-10H2,1H3. The van der Waals surface area contributed by atoms with Crippen LogP contribution in [0.25, 0.3) is 0 Å². The van der Waals surface area contributed by atoms with Crippen molar-refractivity contribution in [3.05, 3.63) is 30.3 Å². The maximum atomic E-state index is 12.6. The smallest absolute Gasteiger partial charge is 0.291 e. The van der Waals surface area contributed by atoms with E-state index in [9.17, 15) is 4.57 Å². The number of benzene rings is 1. The van der Waals surface area contributed by atoms with Crippen LogP contribution in [0.4, 0.5) is 5.69 Å². The monoisotopic (exact) mass is 311 g/mol. The van der Waals surface area contributed by atoms with Gasteiger partial charge in [-0.2, -0.15) is 0 Å². The summed E-state index contributed by atoms with van der Waals surface area (Å²) in [7, 11) is -1.75. The van der Waals surface area contributed by atoms with Gasteiger partial charge >= 0.3 is 7.75 Å². The summed E-state index contributed by atoms with van der Waals surface area (Å²) in [5, 5.41) is 0. The van der Waals surface area contributed by atoms with Gasteiger partial charge in [0.05, 0.1) is 13.2 Å². The highest BCUT2D eigenvalue weighted by Crippen LogP contribution is 2.52. The Balaban J connectivity index is 2.84. The molecule has 0 amide bonds. The van der Waals surface area contributed by atoms with E-state index < -0.39 is 7.75 Å². The molecule has 0 unspecified atom stereocenters. The molecule has 1 aromatic rings. The first-order chi connectivity index (χ1) is 8.64. The SMILES string of the molecule is CN(c1ccccc1)P(=O)(OCCCl)OCCCl. The molecule has 0 aromatic heterocycles. The van der Waals surface area contributed by atoms with Crippen LogP contribution in [0.15, 0.2) is 30.3 Å². The summed E-state index contributed by atoms with van der Waals surface area (Å²) in [6.45, 7) is 0.302. The lowest BCUT2D eigenvalue weighted by molar-refractivity contribution is 0.221. The molecule has 7 heteroatoms. The average molecular weight is 312 g/mol. The van der Waals surface area contributed by atoms with Crippen LogP contribution in [0.2, 0.25) is 0 Å². The predicted molar refractivity (Wildman–Crippen MR) is 75.8 cm³/mol. The number of alkyl halides is 2. The molecular weight excluding hydrogens is 296 g/mol. The maximum Gasteiger partial charge on any atom is 0.435 e. The Hall–Kier alpha value is -0.250. The second-order valence-corrected chi connectivity index (χ2v) is 6.18. The van der Waals surface area contributed by atoms with E-state index in [0.29, 0.717) is 0 Å². The van der Waals surface area contributed by atoms with Gasteiger partial charge in [-0.3, -0.25) is 13.7 Å². The van der Waals surface area contributed by atoms with Crippen molar-refractivity contribution in [3.8, 4) is 0 Å². The number of hydrogen-bond acceptors (Lipinski definition) is 3. The fourth-order valence-corrected chi connectivity index (χ4v) is 3.15. The lowest BCUT2D eigenvalue weighted by Gasteiger charge is -2.28. The molecule has 0 saturated heterocycles. The van der Waals surface area contributed by atoms with E-state index >= 15 is 0 Å². The van der Waals surface area contributed by atoms with Gasteiger partial charge in [-0.05, 0) is 12.1 Å². The average Bonchev–Trinajstić information content (AvgIpc) is 2.43. The second-order valence-electron chi connectivity index (χ2n) is 3.37. The van der Waals surface area contributed by atoms with Gasteiger partial charge in [0.15, 0.2) is 0 Å². The van der Waals surface area contributed by atoms with Gasteiger partial charge in [0, 0.05) is 24.5 Å². The van der Waals surface area contributed by atoms with Crippen molar-refractivity contribution in [2.24, 2.45) is 0 Å². The summed E-state index contributed by atoms with van der Waals surface area (Å²) < 4.78 is 24.6. The zero-order valence-electron chi connectivity index (χ0n) is 10.1. The van der Waals surface area contributed by atoms with Crippen LogP contribution in [0.3, 0.4) is 0 Å². The first kappa shape index (κ1) is 15.8. The van der Waals surface area contributed by atoms with Crippen LogP contribution >= 0.6 is 30.9 Å². The Kier molecular flexibility index (Phi) is 7.05. The van der Waals surface area contributed by atoms with Crippen molar-refractivity contribution in [2.45, 2.75) is 0 Å². The van der Waals surface area contributed by atoms with Crippen LogP contribution in [0, 0.1) is 0 Å². The van der Waals surface area contributed by atoms with E-state index in [1.165, 1.54) is 4.67 Å². The summed E-state index contributed by atoms with van der Waals surface area (Å²) in [6, 6.07) is 9.21. The fraction of sp³-hybridized carbons (Fsp3) is 0.455. The molecule has 0 aliphatic rings. The Labute approximate surface area is 117 Å². The van der Waals surface area contributed by atoms with Crippen molar-refractivity contribution < 1.29 is 13.6 Å². The molecule has 0 aliphatic heterocycles. The summed E-state index contributed by atoms with van der Waals surface area (Å²) >= 11 is 11.1. The first-order valence-electron chi connectivity index (χ1n) is 5.44. The van der Waals surface area contributed by atoms with Gasteiger partial charge in [0.25, 0.3) is 0 Å². The minimum absolute atomic E-state index is 0.151. The Morgan fingerprint density at radius 2 is 1.61 bits per heavy atom. The van der Waals surface area contributed by atoms with Gasteiger partial charge in [-0.25, -0.2) is 4.57 Å². The molecule has 1 rings (SSSR count). The topological polar surface area (TPSA) is 38.8 Å². The van der Waals surface area contributed by atoms with Gasteiger partial charge in [-0.15, -0.1) is 23.2 Å². The second kappa shape index (κ2) is 8.03. The third-order valence-electron chi connectivity index (χ3n) is 2.16. The molecule has 0 spiro atoms. The van der Waals surface area contributed by atoms with Crippen molar-refractivity contribution in [1.82, 2.24) is 0 Å². The molecule has 0 fully saturated rings. The molecule has 0 heterocycles. The number of halogens is 2. The normalized spacial score (nSPS) is 11.5. The molecule has 4 nitrogen and oxygen atoms in total. The molecule has 0 saturated carbocycles. The van der Waals surface area contributed by atoms with E-state index in [4.69, 9.17) is 32.2 Å². The summed E-state index contributed by atoms with van der Waals surface area (Å²) in [4.78, 5) is 0. The van der Waals surface area contributed by atoms with E-state index in [0.717, 1.165) is 5.69 Å². The summed E-state index contributed by atoms with van der Waals surface area (Å²) in [5.41, 5.74) is 0.741. The Morgan fingerprint density at radius 3 is 2.06 bits per heavy atom. The van der Waals surface area contributed by atoms with Crippen LogP contribution in [0.1, 0.15) is 0 Å². The van der Waals surface area contributed by atoms with Gasteiger partial charge in [0.2, 0.25) is 0 Å². The fourth-order valence-electron chi connectivity index (χ4n) is 1.30. The molecule has 0 N–H and O–H groups in total. The quantitative estimate of drug-likeness (QED) is 0.541. The van der Waals surface area contributed by atoms with Crippen molar-refractivity contribution in [2.75, 3.05) is 36.7 Å². The highest BCUT2D eigenvalue weighted by Gasteiger charge is 2.31. The summed E-state index contributed by atoms with van der Waals surface area (Å²) in [5.74, 6) is 0.494. The van der Waals surface area contributed by atoms with E-state index in [1.807, 2.05) is 30.3 Å². The molecule has 0 bridgehead atoms. The molecule has 1 aromatic carbocycles. The molecular formula is C11H16Cl2NO3P. The predicted octanol–water partition coefficient (Wildman–Crippen LogP) is 3.74. The number of anilines is 1. The highest BCUT2D eigenvalue weighted by molar-refractivity contribution is 7.55. The number of para-hydroxylation sites is 1. The minimum atomic E-state index is -3.40. The van der Waals surface area contributed by atoms with Crippen LogP contribution in [0.5, 0.6) is 0 Å². The lowest BCUT2D eigenvalue weighted by Crippen LogP contribution is -2.19. The zero-order chi connectivity index (χ0) is 13.4. The van der Waals surface area contributed by atoms with Crippen molar-refractivity contribution in [3.63, 3.8) is 0 Å². The molecule has 0 aliphatic carbocycles. The molecule has 0 atom stereocenters. The van der Waals surface area contributed by atoms with Crippen molar-refractivity contribution in [1.29, 1.82) is 0 Å². The zero-order valence-corrected chi connectivity index (χ0v) is 12.5. The maximum absolute atomic E-state index is 12.6. The number of hydrogen-bond donors (Lipinski definition) is 0. The largest absolute Gasteiger partial charge is 0.435 e. The first-order valence-corrected chi connectivity index (χ1v) is 8.01. The van der Waals surface area contributed by atoms with Gasteiger partial charge in [-0.1, -0.05) is 18.2 Å². The number of nitrogens with zero attached hydrogens (tertiary/aromatic N) is 1. The summed E-state index contributed by atoms with van der Waals surface area (Å²) in [6.07, 6.45) is 0. The van der Waals surface area contributed by atoms with Crippen LogP contribution in [-0.2, 0) is 13.6 Å². The third kappa shape index (κ3) is 4.45. The lowest BCUT2D eigenvalue weighted by atomic mass is 10.3. The van der Waals surface area contributed by atoms with Crippen LogP contribution in [-0.4, -0.2) is 32.0 Å². The molecule has 0 radical (unpaired) electrons. The highest BCUT2D eigenvalue weighted by atomic mass is 35.5. The van der Waals surface area contributed by atoms with E-state index in [-0.39, 0.29) is 25.0 Å². The van der Waals surface area contributed by atoms with Crippen LogP contribution < -0.4 is 4.67 Å². The van der Waals surface area contributed by atoms with Gasteiger partial charge in [0.1, 0.15) is 0 Å². The third-order valence-corrected chi connectivity index (χ3v) is 4.45. The molecule has 102 valence electrons. The van der Waals surface area contributed by atoms with E-state index in [2.05, 4.69) is 0 Å². The Bertz CT molecular complexity index is 379. The Morgan fingerprint density at radius 1 is 1.11 bits per heavy atom. The van der Waals surface area contributed by atoms with Gasteiger partial charge < -0.3 is 0 Å².